The maximum absolute atomic E-state index is 12.2. The fraction of sp³-hybridized carbons (Fsp3) is 0.143. The Kier molecular flexibility index (Phi) is 3.76. The molecule has 1 aromatic carbocycles. The van der Waals surface area contributed by atoms with Crippen LogP contribution in [0.4, 0.5) is 11.4 Å². The summed E-state index contributed by atoms with van der Waals surface area (Å²) in [6.07, 6.45) is 1.68. The van der Waals surface area contributed by atoms with E-state index in [1.54, 1.807) is 18.3 Å². The fourth-order valence-corrected chi connectivity index (χ4v) is 3.10. The van der Waals surface area contributed by atoms with E-state index >= 15 is 0 Å². The SMILES string of the molecule is Cc1c(Cl)ccnc1CSC1=Nc2ccccc2[NH+]1[O-]. The minimum atomic E-state index is -0.00900. The lowest BCUT2D eigenvalue weighted by Crippen LogP contribution is -3.03. The molecule has 0 radical (unpaired) electrons. The van der Waals surface area contributed by atoms with Gasteiger partial charge in [-0.1, -0.05) is 23.7 Å². The predicted octanol–water partition coefficient (Wildman–Crippen LogP) is 2.99. The number of quaternary nitrogens is 1. The van der Waals surface area contributed by atoms with Crippen LogP contribution in [0.3, 0.4) is 0 Å². The average molecular weight is 306 g/mol. The summed E-state index contributed by atoms with van der Waals surface area (Å²) >= 11 is 7.47. The Hall–Kier alpha value is -1.40. The Morgan fingerprint density at radius 2 is 2.10 bits per heavy atom. The van der Waals surface area contributed by atoms with Gasteiger partial charge >= 0.3 is 0 Å². The number of aromatic nitrogens is 1. The average Bonchev–Trinajstić information content (AvgIpc) is 2.78. The highest BCUT2D eigenvalue weighted by Crippen LogP contribution is 2.28. The number of benzene rings is 1. The second-order valence-corrected chi connectivity index (χ2v) is 5.79. The van der Waals surface area contributed by atoms with Gasteiger partial charge in [-0.15, -0.1) is 0 Å². The summed E-state index contributed by atoms with van der Waals surface area (Å²) < 4.78 is 0. The predicted molar refractivity (Wildman–Crippen MR) is 82.8 cm³/mol. The molecule has 0 spiro atoms. The minimum Gasteiger partial charge on any atom is -0.622 e. The van der Waals surface area contributed by atoms with Crippen LogP contribution in [0.25, 0.3) is 0 Å². The third kappa shape index (κ3) is 2.45. The molecule has 1 atom stereocenters. The third-order valence-corrected chi connectivity index (χ3v) is 4.53. The largest absolute Gasteiger partial charge is 0.622 e. The Labute approximate surface area is 126 Å². The Balaban J connectivity index is 1.76. The molecule has 0 fully saturated rings. The molecule has 20 heavy (non-hydrogen) atoms. The van der Waals surface area contributed by atoms with Gasteiger partial charge in [0.2, 0.25) is 0 Å². The number of amidine groups is 1. The van der Waals surface area contributed by atoms with Crippen LogP contribution in [0.1, 0.15) is 11.3 Å². The number of nitrogens with zero attached hydrogens (tertiary/aromatic N) is 2. The summed E-state index contributed by atoms with van der Waals surface area (Å²) in [5, 5.41) is 13.4. The van der Waals surface area contributed by atoms with Crippen molar-refractivity contribution in [2.24, 2.45) is 4.99 Å². The smallest absolute Gasteiger partial charge is 0.268 e. The first-order valence-corrected chi connectivity index (χ1v) is 7.48. The van der Waals surface area contributed by atoms with Gasteiger partial charge in [0.05, 0.1) is 5.69 Å². The lowest BCUT2D eigenvalue weighted by atomic mass is 10.2. The number of rotatable bonds is 2. The molecule has 1 aliphatic heterocycles. The Morgan fingerprint density at radius 3 is 2.90 bits per heavy atom. The lowest BCUT2D eigenvalue weighted by molar-refractivity contribution is -0.658. The van der Waals surface area contributed by atoms with Crippen molar-refractivity contribution in [2.45, 2.75) is 12.7 Å². The number of pyridine rings is 1. The minimum absolute atomic E-state index is 0.00900. The van der Waals surface area contributed by atoms with Gasteiger partial charge in [-0.2, -0.15) is 4.99 Å². The molecule has 0 saturated heterocycles. The van der Waals surface area contributed by atoms with E-state index in [0.29, 0.717) is 21.6 Å². The van der Waals surface area contributed by atoms with Gasteiger partial charge in [-0.25, -0.2) is 0 Å². The first kappa shape index (κ1) is 13.6. The first-order chi connectivity index (χ1) is 9.66. The molecule has 4 nitrogen and oxygen atoms in total. The Bertz CT molecular complexity index is 690. The zero-order chi connectivity index (χ0) is 14.1. The van der Waals surface area contributed by atoms with E-state index in [2.05, 4.69) is 9.98 Å². The number of hydrogen-bond acceptors (Lipinski definition) is 4. The van der Waals surface area contributed by atoms with Crippen molar-refractivity contribution in [1.82, 2.24) is 4.98 Å². The van der Waals surface area contributed by atoms with Gasteiger partial charge < -0.3 is 5.21 Å². The normalized spacial score (nSPS) is 16.9. The highest BCUT2D eigenvalue weighted by atomic mass is 35.5. The molecular weight excluding hydrogens is 294 g/mol. The highest BCUT2D eigenvalue weighted by molar-refractivity contribution is 8.12. The molecule has 1 aromatic heterocycles. The number of halogens is 1. The van der Waals surface area contributed by atoms with Gasteiger partial charge in [0, 0.05) is 23.0 Å². The first-order valence-electron chi connectivity index (χ1n) is 6.12. The number of thioether (sulfide) groups is 1. The standard InChI is InChI=1S/C14H12ClN3OS/c1-9-10(15)6-7-16-12(9)8-20-14-17-11-4-2-3-5-13(11)18(14)19/h2-7,18H,8H2,1H3. The molecule has 2 heterocycles. The van der Waals surface area contributed by atoms with Crippen molar-refractivity contribution in [3.05, 3.63) is 58.0 Å². The molecule has 0 amide bonds. The van der Waals surface area contributed by atoms with Gasteiger partial charge in [0.15, 0.2) is 5.69 Å². The number of fused-ring (bicyclic) bond motifs is 1. The number of para-hydroxylation sites is 2. The van der Waals surface area contributed by atoms with Crippen LogP contribution >= 0.6 is 23.4 Å². The molecular formula is C14H12ClN3OS. The van der Waals surface area contributed by atoms with Crippen LogP contribution in [0.5, 0.6) is 0 Å². The number of aliphatic imine (C=N–C) groups is 1. The van der Waals surface area contributed by atoms with Gasteiger partial charge in [0.1, 0.15) is 5.69 Å². The monoisotopic (exact) mass is 305 g/mol. The van der Waals surface area contributed by atoms with E-state index in [9.17, 15) is 5.21 Å². The molecule has 0 bridgehead atoms. The third-order valence-electron chi connectivity index (χ3n) is 3.15. The quantitative estimate of drug-likeness (QED) is 0.868. The topological polar surface area (TPSA) is 52.8 Å². The summed E-state index contributed by atoms with van der Waals surface area (Å²) in [5.41, 5.74) is 3.25. The number of nitrogens with one attached hydrogen (secondary N) is 1. The molecule has 2 aromatic rings. The van der Waals surface area contributed by atoms with E-state index in [0.717, 1.165) is 16.9 Å². The van der Waals surface area contributed by atoms with Crippen molar-refractivity contribution < 1.29 is 5.06 Å². The van der Waals surface area contributed by atoms with Gasteiger partial charge in [-0.05, 0) is 36.4 Å². The summed E-state index contributed by atoms with van der Waals surface area (Å²) in [6.45, 7) is 1.93. The van der Waals surface area contributed by atoms with E-state index in [-0.39, 0.29) is 5.06 Å². The van der Waals surface area contributed by atoms with Gasteiger partial charge in [0.25, 0.3) is 5.17 Å². The zero-order valence-corrected chi connectivity index (χ0v) is 12.3. The summed E-state index contributed by atoms with van der Waals surface area (Å²) in [5.74, 6) is 0.588. The van der Waals surface area contributed by atoms with Crippen molar-refractivity contribution in [1.29, 1.82) is 0 Å². The van der Waals surface area contributed by atoms with Crippen LogP contribution in [0.15, 0.2) is 41.5 Å². The molecule has 1 N–H and O–H groups in total. The van der Waals surface area contributed by atoms with Crippen molar-refractivity contribution in [3.63, 3.8) is 0 Å². The van der Waals surface area contributed by atoms with Crippen LogP contribution < -0.4 is 5.06 Å². The van der Waals surface area contributed by atoms with Crippen LogP contribution in [-0.2, 0) is 5.75 Å². The maximum Gasteiger partial charge on any atom is 0.268 e. The summed E-state index contributed by atoms with van der Waals surface area (Å²) in [7, 11) is 0. The summed E-state index contributed by atoms with van der Waals surface area (Å²) in [4.78, 5) is 8.67. The van der Waals surface area contributed by atoms with Crippen LogP contribution in [0, 0.1) is 12.1 Å². The molecule has 102 valence electrons. The van der Waals surface area contributed by atoms with E-state index in [1.807, 2.05) is 25.1 Å². The van der Waals surface area contributed by atoms with E-state index in [4.69, 9.17) is 11.6 Å². The Morgan fingerprint density at radius 1 is 1.30 bits per heavy atom. The van der Waals surface area contributed by atoms with E-state index in [1.165, 1.54) is 11.8 Å². The summed E-state index contributed by atoms with van der Waals surface area (Å²) in [6, 6.07) is 9.15. The maximum atomic E-state index is 12.2. The van der Waals surface area contributed by atoms with Gasteiger partial charge in [-0.3, -0.25) is 10.0 Å². The number of hydroxylamine groups is 1. The molecule has 6 heteroatoms. The van der Waals surface area contributed by atoms with Crippen molar-refractivity contribution in [2.75, 3.05) is 0 Å². The van der Waals surface area contributed by atoms with Crippen LogP contribution in [-0.4, -0.2) is 10.2 Å². The highest BCUT2D eigenvalue weighted by Gasteiger charge is 2.24. The second kappa shape index (κ2) is 5.54. The fourth-order valence-electron chi connectivity index (χ4n) is 1.97. The number of hydrogen-bond donors (Lipinski definition) is 1. The zero-order valence-electron chi connectivity index (χ0n) is 10.8. The molecule has 1 aliphatic rings. The molecule has 3 rings (SSSR count). The molecule has 0 saturated carbocycles. The van der Waals surface area contributed by atoms with E-state index < -0.39 is 0 Å². The van der Waals surface area contributed by atoms with Crippen molar-refractivity contribution in [3.8, 4) is 0 Å². The van der Waals surface area contributed by atoms with Crippen LogP contribution in [0.2, 0.25) is 5.02 Å². The molecule has 0 aliphatic carbocycles. The van der Waals surface area contributed by atoms with Crippen molar-refractivity contribution >= 4 is 39.9 Å². The molecule has 1 unspecified atom stereocenters. The second-order valence-electron chi connectivity index (χ2n) is 4.42. The lowest BCUT2D eigenvalue weighted by Gasteiger charge is -2.16.